The smallest absolute Gasteiger partial charge is 0.191 e. The number of allylic oxidation sites excluding steroid dienone is 1. The molecule has 0 aliphatic heterocycles. The van der Waals surface area contributed by atoms with Crippen LogP contribution in [-0.2, 0) is 12.3 Å². The van der Waals surface area contributed by atoms with Gasteiger partial charge in [0.15, 0.2) is 5.16 Å². The van der Waals surface area contributed by atoms with Crippen molar-refractivity contribution in [2.24, 2.45) is 0 Å². The van der Waals surface area contributed by atoms with E-state index in [1.165, 1.54) is 31.2 Å². The number of aromatic nitrogens is 3. The second-order valence-electron chi connectivity index (χ2n) is 5.86. The zero-order valence-electron chi connectivity index (χ0n) is 13.6. The topological polar surface area (TPSA) is 39.9 Å². The van der Waals surface area contributed by atoms with Crippen molar-refractivity contribution in [1.82, 2.24) is 14.8 Å². The van der Waals surface area contributed by atoms with Gasteiger partial charge < -0.3 is 9.30 Å². The Kier molecular flexibility index (Phi) is 5.39. The molecule has 4 nitrogen and oxygen atoms in total. The first-order valence-electron chi connectivity index (χ1n) is 8.11. The number of hydrogen-bond donors (Lipinski definition) is 0. The third-order valence-electron chi connectivity index (χ3n) is 4.28. The highest BCUT2D eigenvalue weighted by Gasteiger charge is 2.24. The largest absolute Gasteiger partial charge is 0.497 e. The lowest BCUT2D eigenvalue weighted by atomic mass is 10.1. The van der Waals surface area contributed by atoms with Crippen LogP contribution < -0.4 is 4.74 Å². The Morgan fingerprint density at radius 3 is 2.91 bits per heavy atom. The molecule has 1 aromatic carbocycles. The molecule has 0 bridgehead atoms. The molecule has 1 heterocycles. The Balaban J connectivity index is 1.75. The number of ether oxygens (including phenoxy) is 1. The van der Waals surface area contributed by atoms with Gasteiger partial charge in [0.2, 0.25) is 0 Å². The lowest BCUT2D eigenvalue weighted by Crippen LogP contribution is -2.07. The van der Waals surface area contributed by atoms with E-state index in [0.29, 0.717) is 5.92 Å². The maximum absolute atomic E-state index is 5.29. The zero-order valence-corrected chi connectivity index (χ0v) is 14.4. The van der Waals surface area contributed by atoms with Crippen LogP contribution in [0.15, 0.2) is 42.1 Å². The first-order valence-corrected chi connectivity index (χ1v) is 9.10. The molecule has 3 rings (SSSR count). The summed E-state index contributed by atoms with van der Waals surface area (Å²) in [6.45, 7) is 4.66. The van der Waals surface area contributed by atoms with Gasteiger partial charge in [0.25, 0.3) is 0 Å². The van der Waals surface area contributed by atoms with Crippen LogP contribution in [0.1, 0.15) is 43.0 Å². The molecular weight excluding hydrogens is 306 g/mol. The van der Waals surface area contributed by atoms with Gasteiger partial charge in [0.05, 0.1) is 7.11 Å². The summed E-state index contributed by atoms with van der Waals surface area (Å²) in [5.41, 5.74) is 1.23. The van der Waals surface area contributed by atoms with Crippen molar-refractivity contribution in [3.63, 3.8) is 0 Å². The van der Waals surface area contributed by atoms with Crippen molar-refractivity contribution in [2.75, 3.05) is 7.11 Å². The quantitative estimate of drug-likeness (QED) is 0.557. The molecule has 2 aromatic rings. The van der Waals surface area contributed by atoms with Crippen LogP contribution in [0.2, 0.25) is 0 Å². The Morgan fingerprint density at radius 2 is 2.17 bits per heavy atom. The molecule has 0 saturated heterocycles. The third-order valence-corrected chi connectivity index (χ3v) is 5.32. The fourth-order valence-corrected chi connectivity index (χ4v) is 4.00. The molecule has 0 atom stereocenters. The normalized spacial score (nSPS) is 15.0. The van der Waals surface area contributed by atoms with Crippen LogP contribution >= 0.6 is 11.8 Å². The summed E-state index contributed by atoms with van der Waals surface area (Å²) in [4.78, 5) is 0. The molecule has 0 N–H and O–H groups in total. The molecule has 5 heteroatoms. The van der Waals surface area contributed by atoms with Crippen LogP contribution in [-0.4, -0.2) is 21.9 Å². The van der Waals surface area contributed by atoms with Gasteiger partial charge in [-0.05, 0) is 30.5 Å². The molecule has 1 aromatic heterocycles. The predicted octanol–water partition coefficient (Wildman–Crippen LogP) is 4.42. The van der Waals surface area contributed by atoms with E-state index in [1.807, 2.05) is 18.2 Å². The monoisotopic (exact) mass is 329 g/mol. The van der Waals surface area contributed by atoms with Gasteiger partial charge in [-0.15, -0.1) is 16.8 Å². The standard InChI is InChI=1S/C18H23N3OS/c1-3-11-21-17(15-8-4-5-9-15)19-20-18(21)23-13-14-7-6-10-16(12-14)22-2/h3,6-7,10,12,15H,1,4-5,8-9,11,13H2,2H3. The van der Waals surface area contributed by atoms with E-state index >= 15 is 0 Å². The van der Waals surface area contributed by atoms with Gasteiger partial charge in [0.1, 0.15) is 11.6 Å². The highest BCUT2D eigenvalue weighted by molar-refractivity contribution is 7.98. The number of nitrogens with zero attached hydrogens (tertiary/aromatic N) is 3. The van der Waals surface area contributed by atoms with Crippen molar-refractivity contribution in [3.8, 4) is 5.75 Å². The van der Waals surface area contributed by atoms with Crippen LogP contribution in [0.3, 0.4) is 0 Å². The molecule has 0 unspecified atom stereocenters. The van der Waals surface area contributed by atoms with E-state index < -0.39 is 0 Å². The van der Waals surface area contributed by atoms with E-state index in [2.05, 4.69) is 33.5 Å². The molecule has 0 amide bonds. The minimum atomic E-state index is 0.564. The van der Waals surface area contributed by atoms with E-state index in [-0.39, 0.29) is 0 Å². The summed E-state index contributed by atoms with van der Waals surface area (Å²) in [5.74, 6) is 3.45. The second kappa shape index (κ2) is 7.68. The number of methoxy groups -OCH3 is 1. The number of hydrogen-bond acceptors (Lipinski definition) is 4. The molecule has 0 spiro atoms. The van der Waals surface area contributed by atoms with Crippen molar-refractivity contribution < 1.29 is 4.74 Å². The number of thioether (sulfide) groups is 1. The summed E-state index contributed by atoms with van der Waals surface area (Å²) in [6, 6.07) is 8.17. The lowest BCUT2D eigenvalue weighted by Gasteiger charge is -2.12. The summed E-state index contributed by atoms with van der Waals surface area (Å²) in [6.07, 6.45) is 7.00. The molecule has 1 saturated carbocycles. The Labute approximate surface area is 142 Å². The molecule has 122 valence electrons. The first kappa shape index (κ1) is 16.1. The van der Waals surface area contributed by atoms with Crippen LogP contribution in [0, 0.1) is 0 Å². The van der Waals surface area contributed by atoms with Crippen LogP contribution in [0.4, 0.5) is 0 Å². The lowest BCUT2D eigenvalue weighted by molar-refractivity contribution is 0.414. The number of rotatable bonds is 7. The average molecular weight is 329 g/mol. The first-order chi connectivity index (χ1) is 11.3. The van der Waals surface area contributed by atoms with E-state index in [0.717, 1.165) is 29.0 Å². The van der Waals surface area contributed by atoms with Crippen molar-refractivity contribution in [1.29, 1.82) is 0 Å². The zero-order chi connectivity index (χ0) is 16.1. The Hall–Kier alpha value is -1.75. The van der Waals surface area contributed by atoms with Gasteiger partial charge in [-0.3, -0.25) is 0 Å². The fourth-order valence-electron chi connectivity index (χ4n) is 3.10. The number of benzene rings is 1. The maximum atomic E-state index is 5.29. The molecular formula is C18H23N3OS. The van der Waals surface area contributed by atoms with E-state index in [1.54, 1.807) is 18.9 Å². The summed E-state index contributed by atoms with van der Waals surface area (Å²) in [5, 5.41) is 9.90. The second-order valence-corrected chi connectivity index (χ2v) is 6.80. The maximum Gasteiger partial charge on any atom is 0.191 e. The van der Waals surface area contributed by atoms with Gasteiger partial charge in [-0.2, -0.15) is 0 Å². The van der Waals surface area contributed by atoms with Crippen molar-refractivity contribution in [3.05, 3.63) is 48.3 Å². The van der Waals surface area contributed by atoms with Crippen LogP contribution in [0.5, 0.6) is 5.75 Å². The Bertz CT molecular complexity index is 662. The highest BCUT2D eigenvalue weighted by atomic mass is 32.2. The van der Waals surface area contributed by atoms with E-state index in [4.69, 9.17) is 4.74 Å². The van der Waals surface area contributed by atoms with Gasteiger partial charge in [-0.1, -0.05) is 42.8 Å². The van der Waals surface area contributed by atoms with Gasteiger partial charge >= 0.3 is 0 Å². The third kappa shape index (κ3) is 3.78. The summed E-state index contributed by atoms with van der Waals surface area (Å²) >= 11 is 1.72. The summed E-state index contributed by atoms with van der Waals surface area (Å²) in [7, 11) is 1.70. The van der Waals surface area contributed by atoms with Gasteiger partial charge in [-0.25, -0.2) is 0 Å². The minimum Gasteiger partial charge on any atom is -0.497 e. The van der Waals surface area contributed by atoms with E-state index in [9.17, 15) is 0 Å². The van der Waals surface area contributed by atoms with Crippen molar-refractivity contribution >= 4 is 11.8 Å². The molecule has 1 aliphatic carbocycles. The highest BCUT2D eigenvalue weighted by Crippen LogP contribution is 2.35. The molecule has 1 fully saturated rings. The Morgan fingerprint density at radius 1 is 1.35 bits per heavy atom. The molecule has 1 aliphatic rings. The van der Waals surface area contributed by atoms with Crippen LogP contribution in [0.25, 0.3) is 0 Å². The van der Waals surface area contributed by atoms with Crippen molar-refractivity contribution in [2.45, 2.75) is 49.1 Å². The summed E-state index contributed by atoms with van der Waals surface area (Å²) < 4.78 is 7.52. The SMILES string of the molecule is C=CCn1c(SCc2cccc(OC)c2)nnc1C1CCCC1. The molecule has 0 radical (unpaired) electrons. The average Bonchev–Trinajstić information content (AvgIpc) is 3.23. The predicted molar refractivity (Wildman–Crippen MR) is 94.0 cm³/mol. The fraction of sp³-hybridized carbons (Fsp3) is 0.444. The van der Waals surface area contributed by atoms with Gasteiger partial charge in [0, 0.05) is 18.2 Å². The molecule has 23 heavy (non-hydrogen) atoms. The minimum absolute atomic E-state index is 0.564.